The molecule has 0 bridgehead atoms. The van der Waals surface area contributed by atoms with Gasteiger partial charge in [0.25, 0.3) is 10.0 Å². The highest BCUT2D eigenvalue weighted by molar-refractivity contribution is 9.10. The minimum absolute atomic E-state index is 0.154. The van der Waals surface area contributed by atoms with Crippen molar-refractivity contribution in [1.29, 1.82) is 0 Å². The van der Waals surface area contributed by atoms with E-state index in [1.54, 1.807) is 12.1 Å². The van der Waals surface area contributed by atoms with Crippen molar-refractivity contribution in [2.45, 2.75) is 18.2 Å². The van der Waals surface area contributed by atoms with Gasteiger partial charge >= 0.3 is 0 Å². The predicted octanol–water partition coefficient (Wildman–Crippen LogP) is 3.55. The van der Waals surface area contributed by atoms with Gasteiger partial charge in [0.05, 0.1) is 17.7 Å². The van der Waals surface area contributed by atoms with E-state index >= 15 is 0 Å². The van der Waals surface area contributed by atoms with E-state index < -0.39 is 10.0 Å². The van der Waals surface area contributed by atoms with Gasteiger partial charge in [-0.3, -0.25) is 0 Å². The Morgan fingerprint density at radius 3 is 2.39 bits per heavy atom. The molecule has 0 amide bonds. The first-order chi connectivity index (χ1) is 11.0. The summed E-state index contributed by atoms with van der Waals surface area (Å²) in [4.78, 5) is 2.34. The Labute approximate surface area is 144 Å². The maximum Gasteiger partial charge on any atom is 0.276 e. The van der Waals surface area contributed by atoms with Crippen LogP contribution in [0.5, 0.6) is 5.75 Å². The van der Waals surface area contributed by atoms with Gasteiger partial charge in [-0.2, -0.15) is 13.5 Å². The number of hydrogen-bond acceptors (Lipinski definition) is 4. The third kappa shape index (κ3) is 5.37. The molecule has 2 rings (SSSR count). The molecule has 0 unspecified atom stereocenters. The Balaban J connectivity index is 1.99. The summed E-state index contributed by atoms with van der Waals surface area (Å²) in [5.41, 5.74) is 0.771. The van der Waals surface area contributed by atoms with Crippen LogP contribution in [0.3, 0.4) is 0 Å². The number of hydrazone groups is 1. The quantitative estimate of drug-likeness (QED) is 0.574. The molecule has 2 aromatic carbocycles. The van der Waals surface area contributed by atoms with Crippen molar-refractivity contribution in [3.63, 3.8) is 0 Å². The molecule has 1 N–H and O–H groups in total. The molecule has 0 aliphatic heterocycles. The fourth-order valence-corrected chi connectivity index (χ4v) is 2.76. The van der Waals surface area contributed by atoms with Crippen LogP contribution in [0.15, 0.2) is 63.0 Å². The van der Waals surface area contributed by atoms with Gasteiger partial charge in [-0.1, -0.05) is 22.9 Å². The van der Waals surface area contributed by atoms with Crippen LogP contribution in [-0.4, -0.2) is 21.2 Å². The third-order valence-corrected chi connectivity index (χ3v) is 4.63. The van der Waals surface area contributed by atoms with E-state index in [0.29, 0.717) is 6.61 Å². The second-order valence-corrected chi connectivity index (χ2v) is 7.30. The molecular weight excluding hydrogens is 380 g/mol. The molecule has 0 heterocycles. The number of halogens is 1. The topological polar surface area (TPSA) is 67.8 Å². The first kappa shape index (κ1) is 17.5. The summed E-state index contributed by atoms with van der Waals surface area (Å²) in [6, 6.07) is 13.6. The zero-order chi connectivity index (χ0) is 16.7. The van der Waals surface area contributed by atoms with Gasteiger partial charge < -0.3 is 4.74 Å². The summed E-state index contributed by atoms with van der Waals surface area (Å²) < 4.78 is 30.4. The molecule has 122 valence electrons. The fourth-order valence-electron chi connectivity index (χ4n) is 1.71. The first-order valence-corrected chi connectivity index (χ1v) is 9.32. The van der Waals surface area contributed by atoms with E-state index in [0.717, 1.165) is 22.2 Å². The molecule has 0 aromatic heterocycles. The Hall–Kier alpha value is -1.86. The Kier molecular flexibility index (Phi) is 6.18. The number of hydrogen-bond donors (Lipinski definition) is 1. The van der Waals surface area contributed by atoms with Gasteiger partial charge in [-0.05, 0) is 60.5 Å². The van der Waals surface area contributed by atoms with Crippen molar-refractivity contribution < 1.29 is 13.2 Å². The zero-order valence-corrected chi connectivity index (χ0v) is 15.0. The van der Waals surface area contributed by atoms with Crippen LogP contribution in [0.4, 0.5) is 0 Å². The molecule has 0 spiro atoms. The molecule has 0 atom stereocenters. The van der Waals surface area contributed by atoms with Gasteiger partial charge in [-0.15, -0.1) is 0 Å². The van der Waals surface area contributed by atoms with E-state index in [-0.39, 0.29) is 4.90 Å². The number of sulfonamides is 1. The fraction of sp³-hybridized carbons (Fsp3) is 0.188. The number of nitrogens with one attached hydrogen (secondary N) is 1. The van der Waals surface area contributed by atoms with E-state index in [1.165, 1.54) is 18.3 Å². The van der Waals surface area contributed by atoms with Crippen LogP contribution in [0.25, 0.3) is 0 Å². The van der Waals surface area contributed by atoms with Gasteiger partial charge in [0.2, 0.25) is 0 Å². The highest BCUT2D eigenvalue weighted by atomic mass is 79.9. The minimum atomic E-state index is -3.66. The second kappa shape index (κ2) is 8.12. The van der Waals surface area contributed by atoms with Crippen LogP contribution in [0.2, 0.25) is 0 Å². The lowest BCUT2D eigenvalue weighted by molar-refractivity contribution is 0.317. The normalized spacial score (nSPS) is 11.6. The van der Waals surface area contributed by atoms with Gasteiger partial charge in [-0.25, -0.2) is 4.83 Å². The average Bonchev–Trinajstić information content (AvgIpc) is 2.54. The molecule has 0 aliphatic carbocycles. The lowest BCUT2D eigenvalue weighted by Gasteiger charge is -2.04. The minimum Gasteiger partial charge on any atom is -0.494 e. The Morgan fingerprint density at radius 2 is 1.78 bits per heavy atom. The number of ether oxygens (including phenoxy) is 1. The van der Waals surface area contributed by atoms with Gasteiger partial charge in [0.15, 0.2) is 0 Å². The molecule has 5 nitrogen and oxygen atoms in total. The molecule has 23 heavy (non-hydrogen) atoms. The first-order valence-electron chi connectivity index (χ1n) is 7.04. The van der Waals surface area contributed by atoms with Crippen molar-refractivity contribution in [2.75, 3.05) is 6.61 Å². The largest absolute Gasteiger partial charge is 0.494 e. The van der Waals surface area contributed by atoms with Crippen LogP contribution in [-0.2, 0) is 10.0 Å². The van der Waals surface area contributed by atoms with E-state index in [2.05, 4.69) is 25.9 Å². The summed E-state index contributed by atoms with van der Waals surface area (Å²) in [5.74, 6) is 0.777. The van der Waals surface area contributed by atoms with E-state index in [1.807, 2.05) is 31.2 Å². The summed E-state index contributed by atoms with van der Waals surface area (Å²) >= 11 is 3.26. The van der Waals surface area contributed by atoms with Crippen molar-refractivity contribution in [3.05, 3.63) is 58.6 Å². The monoisotopic (exact) mass is 396 g/mol. The number of rotatable bonds is 7. The van der Waals surface area contributed by atoms with Gasteiger partial charge in [0, 0.05) is 4.47 Å². The van der Waals surface area contributed by atoms with Crippen LogP contribution >= 0.6 is 15.9 Å². The van der Waals surface area contributed by atoms with Crippen molar-refractivity contribution >= 4 is 32.2 Å². The summed E-state index contributed by atoms with van der Waals surface area (Å²) in [5, 5.41) is 3.79. The summed E-state index contributed by atoms with van der Waals surface area (Å²) in [6.45, 7) is 2.71. The zero-order valence-electron chi connectivity index (χ0n) is 12.6. The van der Waals surface area contributed by atoms with Crippen LogP contribution in [0.1, 0.15) is 18.9 Å². The highest BCUT2D eigenvalue weighted by Crippen LogP contribution is 2.14. The Bertz CT molecular complexity index is 757. The summed E-state index contributed by atoms with van der Waals surface area (Å²) in [6.07, 6.45) is 2.39. The molecule has 0 saturated heterocycles. The summed E-state index contributed by atoms with van der Waals surface area (Å²) in [7, 11) is -3.66. The SMILES string of the molecule is CCCOc1ccc(/C=N\NS(=O)(=O)c2ccc(Br)cc2)cc1. The Morgan fingerprint density at radius 1 is 1.13 bits per heavy atom. The molecule has 0 fully saturated rings. The molecule has 0 aliphatic rings. The van der Waals surface area contributed by atoms with E-state index in [4.69, 9.17) is 4.74 Å². The van der Waals surface area contributed by atoms with Crippen molar-refractivity contribution in [1.82, 2.24) is 4.83 Å². The molecule has 2 aromatic rings. The molecule has 0 radical (unpaired) electrons. The highest BCUT2D eigenvalue weighted by Gasteiger charge is 2.11. The average molecular weight is 397 g/mol. The smallest absolute Gasteiger partial charge is 0.276 e. The maximum atomic E-state index is 12.0. The standard InChI is InChI=1S/C16H17BrN2O3S/c1-2-11-22-15-7-3-13(4-8-15)12-18-19-23(20,21)16-9-5-14(17)6-10-16/h3-10,12,19H,2,11H2,1H3/b18-12-. The third-order valence-electron chi connectivity index (χ3n) is 2.86. The number of benzene rings is 2. The predicted molar refractivity (Wildman–Crippen MR) is 94.3 cm³/mol. The lowest BCUT2D eigenvalue weighted by atomic mass is 10.2. The van der Waals surface area contributed by atoms with Crippen molar-refractivity contribution in [2.24, 2.45) is 5.10 Å². The second-order valence-electron chi connectivity index (χ2n) is 4.72. The van der Waals surface area contributed by atoms with E-state index in [9.17, 15) is 8.42 Å². The molecule has 0 saturated carbocycles. The lowest BCUT2D eigenvalue weighted by Crippen LogP contribution is -2.18. The van der Waals surface area contributed by atoms with Crippen LogP contribution in [0, 0.1) is 0 Å². The van der Waals surface area contributed by atoms with Gasteiger partial charge in [0.1, 0.15) is 5.75 Å². The van der Waals surface area contributed by atoms with Crippen molar-refractivity contribution in [3.8, 4) is 5.75 Å². The molecule has 7 heteroatoms. The number of nitrogens with zero attached hydrogens (tertiary/aromatic N) is 1. The maximum absolute atomic E-state index is 12.0. The van der Waals surface area contributed by atoms with Crippen LogP contribution < -0.4 is 9.57 Å². The molecular formula is C16H17BrN2O3S.